The summed E-state index contributed by atoms with van der Waals surface area (Å²) in [5.74, 6) is -0.692. The topological polar surface area (TPSA) is 52.9 Å². The van der Waals surface area contributed by atoms with Gasteiger partial charge in [0, 0.05) is 5.41 Å². The number of rotatable bonds is 2. The summed E-state index contributed by atoms with van der Waals surface area (Å²) in [6.45, 7) is 1.93. The minimum absolute atomic E-state index is 0.129. The largest absolute Gasteiger partial charge is 0.323 e. The summed E-state index contributed by atoms with van der Waals surface area (Å²) in [4.78, 5) is 12.3. The standard InChI is InChI=1S/C15H17FN2O/c1-15(7-3-2-4-8-15)14(19)18-13-6-5-11(10-17)9-12(13)16/h5-6,9H,2-4,7-8H2,1H3,(H,18,19). The molecule has 4 heteroatoms. The summed E-state index contributed by atoms with van der Waals surface area (Å²) < 4.78 is 13.7. The molecule has 1 aromatic rings. The molecule has 1 saturated carbocycles. The summed E-state index contributed by atoms with van der Waals surface area (Å²) in [5.41, 5.74) is -0.00587. The minimum Gasteiger partial charge on any atom is -0.323 e. The van der Waals surface area contributed by atoms with Gasteiger partial charge in [0.2, 0.25) is 5.91 Å². The minimum atomic E-state index is -0.563. The van der Waals surface area contributed by atoms with E-state index in [0.717, 1.165) is 38.2 Å². The monoisotopic (exact) mass is 260 g/mol. The fourth-order valence-corrected chi connectivity index (χ4v) is 2.52. The van der Waals surface area contributed by atoms with Crippen LogP contribution in [0.4, 0.5) is 10.1 Å². The van der Waals surface area contributed by atoms with Gasteiger partial charge in [-0.2, -0.15) is 5.26 Å². The Bertz CT molecular complexity index is 527. The molecule has 0 aliphatic heterocycles. The van der Waals surface area contributed by atoms with Crippen molar-refractivity contribution in [3.05, 3.63) is 29.6 Å². The van der Waals surface area contributed by atoms with E-state index in [4.69, 9.17) is 5.26 Å². The molecule has 1 fully saturated rings. The van der Waals surface area contributed by atoms with E-state index in [9.17, 15) is 9.18 Å². The van der Waals surface area contributed by atoms with Gasteiger partial charge >= 0.3 is 0 Å². The van der Waals surface area contributed by atoms with Gasteiger partial charge in [0.1, 0.15) is 5.82 Å². The molecule has 0 atom stereocenters. The first-order valence-electron chi connectivity index (χ1n) is 6.56. The number of hydrogen-bond donors (Lipinski definition) is 1. The normalized spacial score (nSPS) is 17.5. The predicted molar refractivity (Wildman–Crippen MR) is 70.9 cm³/mol. The zero-order valence-corrected chi connectivity index (χ0v) is 11.0. The highest BCUT2D eigenvalue weighted by Gasteiger charge is 2.34. The molecule has 2 rings (SSSR count). The molecule has 1 N–H and O–H groups in total. The number of hydrogen-bond acceptors (Lipinski definition) is 2. The highest BCUT2D eigenvalue weighted by atomic mass is 19.1. The number of carbonyl (C=O) groups is 1. The van der Waals surface area contributed by atoms with Crippen molar-refractivity contribution in [3.63, 3.8) is 0 Å². The Balaban J connectivity index is 2.13. The van der Waals surface area contributed by atoms with Crippen molar-refractivity contribution in [2.45, 2.75) is 39.0 Å². The van der Waals surface area contributed by atoms with Crippen LogP contribution in [0.1, 0.15) is 44.6 Å². The molecular formula is C15H17FN2O. The van der Waals surface area contributed by atoms with Crippen LogP contribution in [0.25, 0.3) is 0 Å². The van der Waals surface area contributed by atoms with Crippen LogP contribution in [0.2, 0.25) is 0 Å². The molecule has 100 valence electrons. The van der Waals surface area contributed by atoms with Crippen molar-refractivity contribution < 1.29 is 9.18 Å². The van der Waals surface area contributed by atoms with Crippen molar-refractivity contribution in [1.29, 1.82) is 5.26 Å². The fourth-order valence-electron chi connectivity index (χ4n) is 2.52. The highest BCUT2D eigenvalue weighted by Crippen LogP contribution is 2.36. The summed E-state index contributed by atoms with van der Waals surface area (Å²) in [5, 5.41) is 11.3. The van der Waals surface area contributed by atoms with Crippen molar-refractivity contribution in [1.82, 2.24) is 0 Å². The predicted octanol–water partition coefficient (Wildman–Crippen LogP) is 3.61. The second-order valence-electron chi connectivity index (χ2n) is 5.38. The van der Waals surface area contributed by atoms with Gasteiger partial charge in [0.05, 0.1) is 17.3 Å². The Labute approximate surface area is 112 Å². The molecule has 1 amide bonds. The van der Waals surface area contributed by atoms with E-state index in [1.54, 1.807) is 0 Å². The number of anilines is 1. The van der Waals surface area contributed by atoms with Crippen LogP contribution >= 0.6 is 0 Å². The molecule has 1 aromatic carbocycles. The van der Waals surface area contributed by atoms with Crippen molar-refractivity contribution in [2.75, 3.05) is 5.32 Å². The molecule has 1 aliphatic rings. The van der Waals surface area contributed by atoms with Gasteiger partial charge in [-0.1, -0.05) is 26.2 Å². The maximum atomic E-state index is 13.7. The maximum absolute atomic E-state index is 13.7. The first-order valence-corrected chi connectivity index (χ1v) is 6.56. The lowest BCUT2D eigenvalue weighted by molar-refractivity contribution is -0.126. The van der Waals surface area contributed by atoms with Crippen molar-refractivity contribution in [2.24, 2.45) is 5.41 Å². The van der Waals surface area contributed by atoms with Gasteiger partial charge in [-0.05, 0) is 31.0 Å². The molecule has 3 nitrogen and oxygen atoms in total. The zero-order valence-electron chi connectivity index (χ0n) is 11.0. The smallest absolute Gasteiger partial charge is 0.230 e. The molecule has 0 radical (unpaired) electrons. The third-order valence-electron chi connectivity index (χ3n) is 3.85. The first kappa shape index (κ1) is 13.5. The Morgan fingerprint density at radius 1 is 1.37 bits per heavy atom. The lowest BCUT2D eigenvalue weighted by atomic mass is 9.75. The van der Waals surface area contributed by atoms with Gasteiger partial charge in [-0.25, -0.2) is 4.39 Å². The fraction of sp³-hybridized carbons (Fsp3) is 0.467. The summed E-state index contributed by atoms with van der Waals surface area (Å²) in [6, 6.07) is 5.95. The second-order valence-corrected chi connectivity index (χ2v) is 5.38. The van der Waals surface area contributed by atoms with Gasteiger partial charge in [-0.3, -0.25) is 4.79 Å². The highest BCUT2D eigenvalue weighted by molar-refractivity contribution is 5.95. The Morgan fingerprint density at radius 3 is 2.63 bits per heavy atom. The zero-order chi connectivity index (χ0) is 13.9. The third-order valence-corrected chi connectivity index (χ3v) is 3.85. The number of halogens is 1. The number of carbonyl (C=O) groups excluding carboxylic acids is 1. The number of nitrogens with one attached hydrogen (secondary N) is 1. The molecule has 0 spiro atoms. The Hall–Kier alpha value is -1.89. The second kappa shape index (κ2) is 5.40. The van der Waals surface area contributed by atoms with Crippen molar-refractivity contribution in [3.8, 4) is 6.07 Å². The summed E-state index contributed by atoms with van der Waals surface area (Å²) in [6.07, 6.45) is 4.93. The van der Waals surface area contributed by atoms with E-state index < -0.39 is 11.2 Å². The van der Waals surface area contributed by atoms with Crippen LogP contribution in [-0.4, -0.2) is 5.91 Å². The maximum Gasteiger partial charge on any atom is 0.230 e. The Morgan fingerprint density at radius 2 is 2.05 bits per heavy atom. The summed E-state index contributed by atoms with van der Waals surface area (Å²) in [7, 11) is 0. The van der Waals surface area contributed by atoms with Gasteiger partial charge in [0.25, 0.3) is 0 Å². The summed E-state index contributed by atoms with van der Waals surface area (Å²) >= 11 is 0. The van der Waals surface area contributed by atoms with Crippen LogP contribution in [0.15, 0.2) is 18.2 Å². The van der Waals surface area contributed by atoms with E-state index in [-0.39, 0.29) is 17.2 Å². The molecule has 0 aromatic heterocycles. The number of nitriles is 1. The van der Waals surface area contributed by atoms with Crippen LogP contribution in [-0.2, 0) is 4.79 Å². The van der Waals surface area contributed by atoms with Crippen molar-refractivity contribution >= 4 is 11.6 Å². The lowest BCUT2D eigenvalue weighted by Crippen LogP contribution is -2.35. The van der Waals surface area contributed by atoms with Gasteiger partial charge in [0.15, 0.2) is 0 Å². The van der Waals surface area contributed by atoms with Crippen LogP contribution in [0.3, 0.4) is 0 Å². The van der Waals surface area contributed by atoms with Gasteiger partial charge < -0.3 is 5.32 Å². The van der Waals surface area contributed by atoms with Gasteiger partial charge in [-0.15, -0.1) is 0 Å². The van der Waals surface area contributed by atoms with E-state index in [1.165, 1.54) is 12.1 Å². The van der Waals surface area contributed by atoms with Crippen LogP contribution < -0.4 is 5.32 Å². The average molecular weight is 260 g/mol. The van der Waals surface area contributed by atoms with Crippen LogP contribution in [0, 0.1) is 22.6 Å². The first-order chi connectivity index (χ1) is 9.05. The molecule has 0 saturated heterocycles. The molecule has 0 bridgehead atoms. The van der Waals surface area contributed by atoms with Crippen LogP contribution in [0.5, 0.6) is 0 Å². The molecule has 1 aliphatic carbocycles. The number of nitrogens with zero attached hydrogens (tertiary/aromatic N) is 1. The number of amides is 1. The van der Waals surface area contributed by atoms with E-state index in [0.29, 0.717) is 0 Å². The lowest BCUT2D eigenvalue weighted by Gasteiger charge is -2.32. The molecular weight excluding hydrogens is 243 g/mol. The molecule has 0 heterocycles. The van der Waals surface area contributed by atoms with E-state index >= 15 is 0 Å². The quantitative estimate of drug-likeness (QED) is 0.883. The van der Waals surface area contributed by atoms with E-state index in [1.807, 2.05) is 13.0 Å². The SMILES string of the molecule is CC1(C(=O)Nc2ccc(C#N)cc2F)CCCCC1. The number of benzene rings is 1. The third kappa shape index (κ3) is 2.93. The average Bonchev–Trinajstić information content (AvgIpc) is 2.41. The van der Waals surface area contributed by atoms with E-state index in [2.05, 4.69) is 5.32 Å². The molecule has 0 unspecified atom stereocenters. The Kier molecular flexibility index (Phi) is 3.84. The molecule has 19 heavy (non-hydrogen) atoms.